The van der Waals surface area contributed by atoms with Crippen molar-refractivity contribution in [1.29, 1.82) is 0 Å². The molecule has 0 aliphatic carbocycles. The molecule has 148 valence electrons. The van der Waals surface area contributed by atoms with E-state index >= 15 is 0 Å². The van der Waals surface area contributed by atoms with Crippen LogP contribution in [0.2, 0.25) is 0 Å². The summed E-state index contributed by atoms with van der Waals surface area (Å²) in [7, 11) is 2.47. The molecule has 7 heteroatoms. The van der Waals surface area contributed by atoms with Gasteiger partial charge in [-0.15, -0.1) is 0 Å². The molecule has 0 N–H and O–H groups in total. The average Bonchev–Trinajstić information content (AvgIpc) is 3.10. The van der Waals surface area contributed by atoms with E-state index in [-0.39, 0.29) is 0 Å². The van der Waals surface area contributed by atoms with Gasteiger partial charge >= 0.3 is 0 Å². The standard InChI is InChI=1S/C21H25N3O3S/c1-23(2)13-14-24-15-20(16-5-9-18(27-3)10-6-16)21(22-24)17-7-11-19(12-8-17)28(4,25)26/h5-12,15H,13-14H2,1-4H3. The van der Waals surface area contributed by atoms with Gasteiger partial charge in [0.2, 0.25) is 0 Å². The van der Waals surface area contributed by atoms with Gasteiger partial charge in [-0.1, -0.05) is 24.3 Å². The SMILES string of the molecule is COc1ccc(-c2cn(CCN(C)C)nc2-c2ccc(S(C)(=O)=O)cc2)cc1. The second-order valence-electron chi connectivity index (χ2n) is 6.98. The number of sulfone groups is 1. The van der Waals surface area contributed by atoms with Crippen molar-refractivity contribution in [2.75, 3.05) is 34.0 Å². The van der Waals surface area contributed by atoms with Gasteiger partial charge in [0.05, 0.1) is 18.6 Å². The van der Waals surface area contributed by atoms with E-state index in [0.29, 0.717) is 4.90 Å². The highest BCUT2D eigenvalue weighted by Gasteiger charge is 2.15. The van der Waals surface area contributed by atoms with Crippen LogP contribution >= 0.6 is 0 Å². The molecule has 0 saturated heterocycles. The Balaban J connectivity index is 2.04. The van der Waals surface area contributed by atoms with Crippen molar-refractivity contribution in [1.82, 2.24) is 14.7 Å². The molecule has 0 unspecified atom stereocenters. The zero-order valence-electron chi connectivity index (χ0n) is 16.6. The predicted molar refractivity (Wildman–Crippen MR) is 111 cm³/mol. The van der Waals surface area contributed by atoms with E-state index in [1.165, 1.54) is 6.26 Å². The number of benzene rings is 2. The first-order valence-corrected chi connectivity index (χ1v) is 10.8. The van der Waals surface area contributed by atoms with Crippen LogP contribution in [0.1, 0.15) is 0 Å². The first-order chi connectivity index (χ1) is 13.3. The molecule has 0 aliphatic heterocycles. The van der Waals surface area contributed by atoms with Crippen molar-refractivity contribution < 1.29 is 13.2 Å². The molecule has 1 aromatic heterocycles. The summed E-state index contributed by atoms with van der Waals surface area (Å²) in [6, 6.07) is 14.7. The summed E-state index contributed by atoms with van der Waals surface area (Å²) in [6.45, 7) is 1.63. The van der Waals surface area contributed by atoms with Crippen LogP contribution in [0.3, 0.4) is 0 Å². The van der Waals surface area contributed by atoms with Crippen molar-refractivity contribution in [3.63, 3.8) is 0 Å². The van der Waals surface area contributed by atoms with Crippen LogP contribution in [0.15, 0.2) is 59.6 Å². The molecule has 0 amide bonds. The monoisotopic (exact) mass is 399 g/mol. The highest BCUT2D eigenvalue weighted by atomic mass is 32.2. The Hall–Kier alpha value is -2.64. The van der Waals surface area contributed by atoms with E-state index in [9.17, 15) is 8.42 Å². The van der Waals surface area contributed by atoms with Gasteiger partial charge in [-0.05, 0) is 43.9 Å². The van der Waals surface area contributed by atoms with E-state index in [0.717, 1.165) is 41.2 Å². The number of methoxy groups -OCH3 is 1. The fourth-order valence-electron chi connectivity index (χ4n) is 2.89. The fourth-order valence-corrected chi connectivity index (χ4v) is 3.52. The Morgan fingerprint density at radius 2 is 1.61 bits per heavy atom. The number of ether oxygens (including phenoxy) is 1. The third-order valence-corrected chi connectivity index (χ3v) is 5.62. The molecule has 2 aromatic carbocycles. The molecule has 28 heavy (non-hydrogen) atoms. The van der Waals surface area contributed by atoms with Crippen molar-refractivity contribution >= 4 is 9.84 Å². The molecule has 3 rings (SSSR count). The van der Waals surface area contributed by atoms with Crippen molar-refractivity contribution in [3.8, 4) is 28.1 Å². The first kappa shape index (κ1) is 20.1. The Labute approximate surface area is 166 Å². The molecule has 0 bridgehead atoms. The maximum atomic E-state index is 11.7. The van der Waals surface area contributed by atoms with Gasteiger partial charge in [-0.2, -0.15) is 5.10 Å². The molecule has 6 nitrogen and oxygen atoms in total. The van der Waals surface area contributed by atoms with Crippen LogP contribution in [0.4, 0.5) is 0 Å². The zero-order valence-corrected chi connectivity index (χ0v) is 17.4. The van der Waals surface area contributed by atoms with Gasteiger partial charge in [0, 0.05) is 30.1 Å². The molecular formula is C21H25N3O3S. The molecule has 0 atom stereocenters. The second kappa shape index (κ2) is 8.16. The highest BCUT2D eigenvalue weighted by molar-refractivity contribution is 7.90. The van der Waals surface area contributed by atoms with Crippen molar-refractivity contribution in [2.24, 2.45) is 0 Å². The Morgan fingerprint density at radius 3 is 2.14 bits per heavy atom. The van der Waals surface area contributed by atoms with Gasteiger partial charge < -0.3 is 9.64 Å². The van der Waals surface area contributed by atoms with Crippen molar-refractivity contribution in [3.05, 3.63) is 54.7 Å². The number of hydrogen-bond acceptors (Lipinski definition) is 5. The van der Waals surface area contributed by atoms with Crippen LogP contribution in [0.25, 0.3) is 22.4 Å². The van der Waals surface area contributed by atoms with E-state index in [1.54, 1.807) is 19.2 Å². The number of hydrogen-bond donors (Lipinski definition) is 0. The Bertz CT molecular complexity index is 1040. The lowest BCUT2D eigenvalue weighted by Crippen LogP contribution is -2.18. The quantitative estimate of drug-likeness (QED) is 0.610. The first-order valence-electron chi connectivity index (χ1n) is 8.95. The van der Waals surface area contributed by atoms with Gasteiger partial charge in [0.25, 0.3) is 0 Å². The lowest BCUT2D eigenvalue weighted by Gasteiger charge is -2.08. The third kappa shape index (κ3) is 4.61. The van der Waals surface area contributed by atoms with Gasteiger partial charge in [-0.25, -0.2) is 8.42 Å². The summed E-state index contributed by atoms with van der Waals surface area (Å²) in [6.07, 6.45) is 3.24. The van der Waals surface area contributed by atoms with Gasteiger partial charge in [0.1, 0.15) is 11.4 Å². The molecular weight excluding hydrogens is 374 g/mol. The van der Waals surface area contributed by atoms with Crippen LogP contribution in [-0.4, -0.2) is 57.1 Å². The topological polar surface area (TPSA) is 64.4 Å². The second-order valence-corrected chi connectivity index (χ2v) is 9.00. The van der Waals surface area contributed by atoms with Crippen LogP contribution < -0.4 is 4.74 Å². The smallest absolute Gasteiger partial charge is 0.175 e. The molecule has 3 aromatic rings. The van der Waals surface area contributed by atoms with E-state index < -0.39 is 9.84 Å². The number of aromatic nitrogens is 2. The van der Waals surface area contributed by atoms with Gasteiger partial charge in [-0.3, -0.25) is 4.68 Å². The van der Waals surface area contributed by atoms with Crippen LogP contribution in [0.5, 0.6) is 5.75 Å². The van der Waals surface area contributed by atoms with Crippen LogP contribution in [-0.2, 0) is 16.4 Å². The van der Waals surface area contributed by atoms with E-state index in [2.05, 4.69) is 4.90 Å². The maximum absolute atomic E-state index is 11.7. The number of rotatable bonds is 7. The highest BCUT2D eigenvalue weighted by Crippen LogP contribution is 2.32. The lowest BCUT2D eigenvalue weighted by molar-refractivity contribution is 0.373. The summed E-state index contributed by atoms with van der Waals surface area (Å²) in [5, 5.41) is 4.77. The van der Waals surface area contributed by atoms with Crippen molar-refractivity contribution in [2.45, 2.75) is 11.4 Å². The summed E-state index contributed by atoms with van der Waals surface area (Å²) in [5.74, 6) is 0.794. The zero-order chi connectivity index (χ0) is 20.3. The molecule has 0 fully saturated rings. The lowest BCUT2D eigenvalue weighted by atomic mass is 10.0. The van der Waals surface area contributed by atoms with Gasteiger partial charge in [0.15, 0.2) is 9.84 Å². The summed E-state index contributed by atoms with van der Waals surface area (Å²) >= 11 is 0. The summed E-state index contributed by atoms with van der Waals surface area (Å²) in [4.78, 5) is 2.41. The predicted octanol–water partition coefficient (Wildman–Crippen LogP) is 3.19. The Kier molecular flexibility index (Phi) is 5.86. The maximum Gasteiger partial charge on any atom is 0.175 e. The number of nitrogens with zero attached hydrogens (tertiary/aromatic N) is 3. The van der Waals surface area contributed by atoms with E-state index in [1.807, 2.05) is 61.4 Å². The Morgan fingerprint density at radius 1 is 1.00 bits per heavy atom. The normalized spacial score (nSPS) is 11.8. The van der Waals surface area contributed by atoms with E-state index in [4.69, 9.17) is 9.84 Å². The summed E-state index contributed by atoms with van der Waals surface area (Å²) in [5.41, 5.74) is 3.72. The summed E-state index contributed by atoms with van der Waals surface area (Å²) < 4.78 is 30.7. The minimum Gasteiger partial charge on any atom is -0.497 e. The largest absolute Gasteiger partial charge is 0.497 e. The molecule has 1 heterocycles. The molecule has 0 radical (unpaired) electrons. The molecule has 0 saturated carbocycles. The average molecular weight is 400 g/mol. The fraction of sp³-hybridized carbons (Fsp3) is 0.286. The minimum absolute atomic E-state index is 0.300. The molecule has 0 aliphatic rings. The van der Waals surface area contributed by atoms with Crippen LogP contribution in [0, 0.1) is 0 Å². The third-order valence-electron chi connectivity index (χ3n) is 4.49. The minimum atomic E-state index is -3.23. The molecule has 0 spiro atoms. The number of likely N-dealkylation sites (N-methyl/N-ethyl adjacent to an activating group) is 1.